The van der Waals surface area contributed by atoms with E-state index < -0.39 is 11.5 Å². The summed E-state index contributed by atoms with van der Waals surface area (Å²) in [5.74, 6) is -0.113. The number of H-pyrrole nitrogens is 1. The van der Waals surface area contributed by atoms with Crippen molar-refractivity contribution in [2.75, 3.05) is 0 Å². The molecule has 0 unspecified atom stereocenters. The van der Waals surface area contributed by atoms with Crippen molar-refractivity contribution in [2.45, 2.75) is 13.5 Å². The first kappa shape index (κ1) is 12.6. The molecule has 0 atom stereocenters. The molecule has 1 N–H and O–H groups in total. The van der Waals surface area contributed by atoms with E-state index in [2.05, 4.69) is 4.98 Å². The maximum Gasteiger partial charge on any atom is 0.340 e. The number of aromatic nitrogens is 1. The van der Waals surface area contributed by atoms with Crippen LogP contribution in [0.4, 0.5) is 0 Å². The Bertz CT molecular complexity index is 692. The van der Waals surface area contributed by atoms with Crippen LogP contribution in [-0.4, -0.2) is 11.0 Å². The lowest BCUT2D eigenvalue weighted by Crippen LogP contribution is -2.17. The molecule has 0 saturated carbocycles. The summed E-state index contributed by atoms with van der Waals surface area (Å²) in [5.41, 5.74) is -0.144. The predicted octanol–water partition coefficient (Wildman–Crippen LogP) is 1.50. The number of furan rings is 1. The van der Waals surface area contributed by atoms with Crippen LogP contribution in [0.3, 0.4) is 0 Å². The summed E-state index contributed by atoms with van der Waals surface area (Å²) < 4.78 is 10.1. The second-order valence-corrected chi connectivity index (χ2v) is 3.82. The molecule has 2 aromatic heterocycles. The van der Waals surface area contributed by atoms with Crippen molar-refractivity contribution in [2.24, 2.45) is 0 Å². The number of hydrogen-bond acceptors (Lipinski definition) is 5. The SMILES string of the molecule is Cc1[nH]c(=O)c(C#N)cc1C(=O)OCc1ccco1. The molecule has 19 heavy (non-hydrogen) atoms. The molecule has 0 aliphatic heterocycles. The molecule has 0 amide bonds. The van der Waals surface area contributed by atoms with Gasteiger partial charge in [-0.15, -0.1) is 0 Å². The van der Waals surface area contributed by atoms with E-state index in [0.29, 0.717) is 11.5 Å². The Hall–Kier alpha value is -2.81. The van der Waals surface area contributed by atoms with E-state index in [1.54, 1.807) is 25.1 Å². The third-order valence-electron chi connectivity index (χ3n) is 2.50. The molecule has 0 aliphatic carbocycles. The van der Waals surface area contributed by atoms with Gasteiger partial charge in [-0.1, -0.05) is 0 Å². The third-order valence-corrected chi connectivity index (χ3v) is 2.50. The van der Waals surface area contributed by atoms with Crippen LogP contribution >= 0.6 is 0 Å². The molecule has 0 fully saturated rings. The van der Waals surface area contributed by atoms with E-state index in [9.17, 15) is 9.59 Å². The standard InChI is InChI=1S/C13H10N2O4/c1-8-11(5-9(6-14)12(16)15-8)13(17)19-7-10-3-2-4-18-10/h2-5H,7H2,1H3,(H,15,16). The lowest BCUT2D eigenvalue weighted by molar-refractivity contribution is 0.0444. The fourth-order valence-corrected chi connectivity index (χ4v) is 1.53. The van der Waals surface area contributed by atoms with Gasteiger partial charge in [-0.2, -0.15) is 5.26 Å². The molecule has 2 aromatic rings. The van der Waals surface area contributed by atoms with Crippen LogP contribution in [0.2, 0.25) is 0 Å². The highest BCUT2D eigenvalue weighted by Gasteiger charge is 2.14. The molecule has 0 aliphatic rings. The van der Waals surface area contributed by atoms with E-state index in [1.165, 1.54) is 12.3 Å². The molecular formula is C13H10N2O4. The maximum atomic E-state index is 11.8. The second-order valence-electron chi connectivity index (χ2n) is 3.82. The number of carbonyl (C=O) groups is 1. The normalized spacial score (nSPS) is 9.89. The van der Waals surface area contributed by atoms with E-state index in [1.807, 2.05) is 0 Å². The van der Waals surface area contributed by atoms with Gasteiger partial charge >= 0.3 is 5.97 Å². The van der Waals surface area contributed by atoms with Gasteiger partial charge in [-0.05, 0) is 25.1 Å². The van der Waals surface area contributed by atoms with E-state index in [-0.39, 0.29) is 17.7 Å². The van der Waals surface area contributed by atoms with Crippen molar-refractivity contribution < 1.29 is 13.9 Å². The molecule has 0 bridgehead atoms. The second kappa shape index (κ2) is 5.23. The minimum Gasteiger partial charge on any atom is -0.466 e. The Labute approximate surface area is 108 Å². The minimum atomic E-state index is -0.623. The summed E-state index contributed by atoms with van der Waals surface area (Å²) in [6, 6.07) is 6.30. The summed E-state index contributed by atoms with van der Waals surface area (Å²) in [4.78, 5) is 25.6. The Kier molecular flexibility index (Phi) is 3.48. The van der Waals surface area contributed by atoms with Crippen molar-refractivity contribution in [3.05, 3.63) is 57.4 Å². The van der Waals surface area contributed by atoms with Gasteiger partial charge in [-0.25, -0.2) is 4.79 Å². The number of nitriles is 1. The quantitative estimate of drug-likeness (QED) is 0.841. The first-order chi connectivity index (χ1) is 9.11. The lowest BCUT2D eigenvalue weighted by atomic mass is 10.1. The predicted molar refractivity (Wildman–Crippen MR) is 64.3 cm³/mol. The molecule has 0 spiro atoms. The largest absolute Gasteiger partial charge is 0.466 e. The van der Waals surface area contributed by atoms with Gasteiger partial charge < -0.3 is 14.1 Å². The van der Waals surface area contributed by atoms with Crippen molar-refractivity contribution in [1.29, 1.82) is 5.26 Å². The van der Waals surface area contributed by atoms with Crippen molar-refractivity contribution in [3.63, 3.8) is 0 Å². The van der Waals surface area contributed by atoms with Gasteiger partial charge in [0.25, 0.3) is 5.56 Å². The van der Waals surface area contributed by atoms with Crippen molar-refractivity contribution in [1.82, 2.24) is 4.98 Å². The van der Waals surface area contributed by atoms with Crippen LogP contribution in [0.25, 0.3) is 0 Å². The number of esters is 1. The summed E-state index contributed by atoms with van der Waals surface area (Å²) >= 11 is 0. The fraction of sp³-hybridized carbons (Fsp3) is 0.154. The van der Waals surface area contributed by atoms with Gasteiger partial charge in [0.15, 0.2) is 0 Å². The van der Waals surface area contributed by atoms with Crippen molar-refractivity contribution in [3.8, 4) is 6.07 Å². The first-order valence-corrected chi connectivity index (χ1v) is 5.45. The van der Waals surface area contributed by atoms with E-state index in [4.69, 9.17) is 14.4 Å². The lowest BCUT2D eigenvalue weighted by Gasteiger charge is -2.05. The van der Waals surface area contributed by atoms with Crippen LogP contribution in [0.5, 0.6) is 0 Å². The summed E-state index contributed by atoms with van der Waals surface area (Å²) in [6.07, 6.45) is 1.47. The number of ether oxygens (including phenoxy) is 1. The number of nitrogens with zero attached hydrogens (tertiary/aromatic N) is 1. The summed E-state index contributed by atoms with van der Waals surface area (Å²) in [6.45, 7) is 1.55. The number of carbonyl (C=O) groups excluding carboxylic acids is 1. The fourth-order valence-electron chi connectivity index (χ4n) is 1.53. The molecule has 6 nitrogen and oxygen atoms in total. The molecular weight excluding hydrogens is 248 g/mol. The highest BCUT2D eigenvalue weighted by Crippen LogP contribution is 2.09. The van der Waals surface area contributed by atoms with Gasteiger partial charge in [0.2, 0.25) is 0 Å². The van der Waals surface area contributed by atoms with Gasteiger partial charge in [0, 0.05) is 5.69 Å². The average molecular weight is 258 g/mol. The van der Waals surface area contributed by atoms with E-state index >= 15 is 0 Å². The molecule has 0 radical (unpaired) electrons. The number of pyridine rings is 1. The monoisotopic (exact) mass is 258 g/mol. The van der Waals surface area contributed by atoms with Gasteiger partial charge in [-0.3, -0.25) is 4.79 Å². The Balaban J connectivity index is 2.19. The molecule has 0 saturated heterocycles. The number of aromatic amines is 1. The molecule has 0 aromatic carbocycles. The molecule has 2 rings (SSSR count). The van der Waals surface area contributed by atoms with Gasteiger partial charge in [0.05, 0.1) is 11.8 Å². The third kappa shape index (κ3) is 2.72. The zero-order valence-electron chi connectivity index (χ0n) is 10.1. The maximum absolute atomic E-state index is 11.8. The van der Waals surface area contributed by atoms with Crippen LogP contribution in [0, 0.1) is 18.3 Å². The number of hydrogen-bond donors (Lipinski definition) is 1. The highest BCUT2D eigenvalue weighted by atomic mass is 16.5. The highest BCUT2D eigenvalue weighted by molar-refractivity contribution is 5.90. The summed E-state index contributed by atoms with van der Waals surface area (Å²) in [5, 5.41) is 8.76. The van der Waals surface area contributed by atoms with Crippen molar-refractivity contribution >= 4 is 5.97 Å². The van der Waals surface area contributed by atoms with Crippen LogP contribution in [-0.2, 0) is 11.3 Å². The Morgan fingerprint density at radius 2 is 2.37 bits per heavy atom. The average Bonchev–Trinajstić information content (AvgIpc) is 2.89. The number of rotatable bonds is 3. The molecule has 6 heteroatoms. The Morgan fingerprint density at radius 1 is 1.58 bits per heavy atom. The molecule has 2 heterocycles. The zero-order valence-corrected chi connectivity index (χ0v) is 10.1. The summed E-state index contributed by atoms with van der Waals surface area (Å²) in [7, 11) is 0. The topological polar surface area (TPSA) is 96.1 Å². The van der Waals surface area contributed by atoms with Crippen LogP contribution < -0.4 is 5.56 Å². The number of aryl methyl sites for hydroxylation is 1. The molecule has 96 valence electrons. The van der Waals surface area contributed by atoms with Crippen LogP contribution in [0.15, 0.2) is 33.7 Å². The number of nitrogens with one attached hydrogen (secondary N) is 1. The first-order valence-electron chi connectivity index (χ1n) is 5.45. The van der Waals surface area contributed by atoms with E-state index in [0.717, 1.165) is 0 Å². The zero-order chi connectivity index (χ0) is 13.8. The minimum absolute atomic E-state index is 0.00765. The van der Waals surface area contributed by atoms with Crippen LogP contribution in [0.1, 0.15) is 27.4 Å². The van der Waals surface area contributed by atoms with Gasteiger partial charge in [0.1, 0.15) is 24.0 Å². The Morgan fingerprint density at radius 3 is 3.00 bits per heavy atom. The smallest absolute Gasteiger partial charge is 0.340 e.